The minimum absolute atomic E-state index is 0.0879. The van der Waals surface area contributed by atoms with Gasteiger partial charge in [0.1, 0.15) is 0 Å². The number of hydrogen-bond donors (Lipinski definition) is 1. The molecule has 0 aromatic rings. The molecule has 0 radical (unpaired) electrons. The first-order valence-electron chi connectivity index (χ1n) is 3.29. The summed E-state index contributed by atoms with van der Waals surface area (Å²) in [5, 5.41) is 0. The molecule has 0 bridgehead atoms. The molecule has 3 nitrogen and oxygen atoms in total. The van der Waals surface area contributed by atoms with Crippen molar-refractivity contribution in [2.24, 2.45) is 5.73 Å². The minimum Gasteiger partial charge on any atom is -0.377 e. The molecule has 0 spiro atoms. The van der Waals surface area contributed by atoms with Gasteiger partial charge in [0.2, 0.25) is 0 Å². The third kappa shape index (κ3) is 1.64. The van der Waals surface area contributed by atoms with Crippen LogP contribution in [-0.4, -0.2) is 32.0 Å². The zero-order valence-electron chi connectivity index (χ0n) is 5.67. The van der Waals surface area contributed by atoms with Crippen LogP contribution in [0, 0.1) is 0 Å². The van der Waals surface area contributed by atoms with Gasteiger partial charge >= 0.3 is 0 Å². The lowest BCUT2D eigenvalue weighted by atomic mass is 10.2. The molecule has 9 heavy (non-hydrogen) atoms. The molecule has 1 rings (SSSR count). The Kier molecular flexibility index (Phi) is 2.45. The molecule has 1 heterocycles. The largest absolute Gasteiger partial charge is 0.377 e. The Hall–Kier alpha value is -0.120. The average molecular weight is 131 g/mol. The van der Waals surface area contributed by atoms with E-state index in [0.717, 1.165) is 6.61 Å². The number of rotatable bonds is 2. The van der Waals surface area contributed by atoms with Crippen molar-refractivity contribution >= 4 is 0 Å². The van der Waals surface area contributed by atoms with Gasteiger partial charge < -0.3 is 15.2 Å². The quantitative estimate of drug-likeness (QED) is 0.562. The van der Waals surface area contributed by atoms with Crippen LogP contribution in [0.3, 0.4) is 0 Å². The maximum absolute atomic E-state index is 5.62. The van der Waals surface area contributed by atoms with E-state index < -0.39 is 0 Å². The molecule has 2 N–H and O–H groups in total. The van der Waals surface area contributed by atoms with Crippen molar-refractivity contribution in [3.8, 4) is 0 Å². The van der Waals surface area contributed by atoms with Crippen molar-refractivity contribution in [1.29, 1.82) is 0 Å². The van der Waals surface area contributed by atoms with Crippen LogP contribution in [0.25, 0.3) is 0 Å². The fourth-order valence-corrected chi connectivity index (χ4v) is 0.937. The van der Waals surface area contributed by atoms with Gasteiger partial charge in [-0.25, -0.2) is 0 Å². The van der Waals surface area contributed by atoms with E-state index in [-0.39, 0.29) is 12.1 Å². The summed E-state index contributed by atoms with van der Waals surface area (Å²) in [6.07, 6.45) is 0.134. The molecule has 1 saturated heterocycles. The molecule has 0 aromatic heterocycles. The Balaban J connectivity index is 2.22. The summed E-state index contributed by atoms with van der Waals surface area (Å²) >= 11 is 0. The fraction of sp³-hybridized carbons (Fsp3) is 1.00. The van der Waals surface area contributed by atoms with Crippen LogP contribution in [0.15, 0.2) is 0 Å². The highest BCUT2D eigenvalue weighted by Gasteiger charge is 2.24. The van der Waals surface area contributed by atoms with E-state index in [1.54, 1.807) is 0 Å². The number of ether oxygens (including phenoxy) is 2. The minimum atomic E-state index is 0.0879. The molecule has 1 fully saturated rings. The molecule has 0 aromatic carbocycles. The van der Waals surface area contributed by atoms with E-state index in [1.165, 1.54) is 0 Å². The second-order valence-electron chi connectivity index (χ2n) is 2.20. The van der Waals surface area contributed by atoms with Crippen LogP contribution >= 0.6 is 0 Å². The molecular weight excluding hydrogens is 118 g/mol. The lowest BCUT2D eigenvalue weighted by molar-refractivity contribution is 0.0458. The van der Waals surface area contributed by atoms with Crippen LogP contribution in [0.2, 0.25) is 0 Å². The van der Waals surface area contributed by atoms with Crippen molar-refractivity contribution in [2.45, 2.75) is 19.1 Å². The van der Waals surface area contributed by atoms with E-state index in [2.05, 4.69) is 0 Å². The van der Waals surface area contributed by atoms with E-state index in [9.17, 15) is 0 Å². The predicted octanol–water partition coefficient (Wildman–Crippen LogP) is -0.251. The summed E-state index contributed by atoms with van der Waals surface area (Å²) in [7, 11) is 0. The molecule has 3 heteroatoms. The van der Waals surface area contributed by atoms with Crippen LogP contribution in [-0.2, 0) is 9.47 Å². The zero-order valence-corrected chi connectivity index (χ0v) is 5.67. The number of nitrogens with two attached hydrogens (primary N) is 1. The highest BCUT2D eigenvalue weighted by Crippen LogP contribution is 2.06. The Labute approximate surface area is 55.1 Å². The standard InChI is InChI=1S/C6H13NO2/c1-2-9-6-4-8-3-5(6)7/h5-6H,2-4,7H2,1H3/t5-,6+/m1/s1. The molecule has 54 valence electrons. The van der Waals surface area contributed by atoms with Gasteiger partial charge in [0.15, 0.2) is 0 Å². The first-order valence-corrected chi connectivity index (χ1v) is 3.29. The predicted molar refractivity (Wildman–Crippen MR) is 34.2 cm³/mol. The summed E-state index contributed by atoms with van der Waals surface area (Å²) in [5.74, 6) is 0. The maximum Gasteiger partial charge on any atom is 0.0981 e. The first-order chi connectivity index (χ1) is 4.34. The van der Waals surface area contributed by atoms with Crippen LogP contribution in [0.5, 0.6) is 0 Å². The molecule has 0 aliphatic carbocycles. The highest BCUT2D eigenvalue weighted by molar-refractivity contribution is 4.78. The Morgan fingerprint density at radius 1 is 1.67 bits per heavy atom. The second kappa shape index (κ2) is 3.15. The van der Waals surface area contributed by atoms with Crippen molar-refractivity contribution in [3.63, 3.8) is 0 Å². The van der Waals surface area contributed by atoms with Gasteiger partial charge in [0, 0.05) is 6.61 Å². The van der Waals surface area contributed by atoms with Gasteiger partial charge in [-0.1, -0.05) is 0 Å². The van der Waals surface area contributed by atoms with Gasteiger partial charge in [-0.3, -0.25) is 0 Å². The second-order valence-corrected chi connectivity index (χ2v) is 2.20. The Morgan fingerprint density at radius 3 is 2.89 bits per heavy atom. The number of hydrogen-bond acceptors (Lipinski definition) is 3. The molecule has 0 amide bonds. The Morgan fingerprint density at radius 2 is 2.44 bits per heavy atom. The van der Waals surface area contributed by atoms with Crippen LogP contribution < -0.4 is 5.73 Å². The summed E-state index contributed by atoms with van der Waals surface area (Å²) < 4.78 is 10.3. The van der Waals surface area contributed by atoms with Crippen LogP contribution in [0.4, 0.5) is 0 Å². The van der Waals surface area contributed by atoms with Gasteiger partial charge in [-0.2, -0.15) is 0 Å². The third-order valence-corrected chi connectivity index (χ3v) is 1.45. The fourth-order valence-electron chi connectivity index (χ4n) is 0.937. The summed E-state index contributed by atoms with van der Waals surface area (Å²) in [6, 6.07) is 0.0879. The van der Waals surface area contributed by atoms with Crippen molar-refractivity contribution in [3.05, 3.63) is 0 Å². The molecule has 1 aliphatic heterocycles. The average Bonchev–Trinajstić information content (AvgIpc) is 2.18. The van der Waals surface area contributed by atoms with E-state index >= 15 is 0 Å². The smallest absolute Gasteiger partial charge is 0.0981 e. The summed E-state index contributed by atoms with van der Waals surface area (Å²) in [5.41, 5.74) is 5.62. The lowest BCUT2D eigenvalue weighted by Gasteiger charge is -2.11. The van der Waals surface area contributed by atoms with E-state index in [0.29, 0.717) is 13.2 Å². The Bertz CT molecular complexity index is 87.1. The summed E-state index contributed by atoms with van der Waals surface area (Å²) in [6.45, 7) is 3.99. The van der Waals surface area contributed by atoms with E-state index in [4.69, 9.17) is 15.2 Å². The van der Waals surface area contributed by atoms with Crippen molar-refractivity contribution in [2.75, 3.05) is 19.8 Å². The van der Waals surface area contributed by atoms with Gasteiger partial charge in [0.25, 0.3) is 0 Å². The maximum atomic E-state index is 5.62. The molecule has 2 atom stereocenters. The van der Waals surface area contributed by atoms with Gasteiger partial charge in [-0.05, 0) is 6.92 Å². The molecule has 0 saturated carbocycles. The van der Waals surface area contributed by atoms with E-state index in [1.807, 2.05) is 6.92 Å². The molecule has 0 unspecified atom stereocenters. The molecule has 1 aliphatic rings. The summed E-state index contributed by atoms with van der Waals surface area (Å²) in [4.78, 5) is 0. The van der Waals surface area contributed by atoms with Crippen LogP contribution in [0.1, 0.15) is 6.92 Å². The van der Waals surface area contributed by atoms with Crippen molar-refractivity contribution in [1.82, 2.24) is 0 Å². The topological polar surface area (TPSA) is 44.5 Å². The third-order valence-electron chi connectivity index (χ3n) is 1.45. The first kappa shape index (κ1) is 6.99. The van der Waals surface area contributed by atoms with Gasteiger partial charge in [0.05, 0.1) is 25.4 Å². The van der Waals surface area contributed by atoms with Gasteiger partial charge in [-0.15, -0.1) is 0 Å². The SMILES string of the molecule is CCO[C@H]1COC[C@H]1N. The molecular formula is C6H13NO2. The normalized spacial score (nSPS) is 35.3. The highest BCUT2D eigenvalue weighted by atomic mass is 16.5. The zero-order chi connectivity index (χ0) is 6.69. The lowest BCUT2D eigenvalue weighted by Crippen LogP contribution is -2.35. The monoisotopic (exact) mass is 131 g/mol. The van der Waals surface area contributed by atoms with Crippen molar-refractivity contribution < 1.29 is 9.47 Å².